The molecule has 1 saturated heterocycles. The highest BCUT2D eigenvalue weighted by molar-refractivity contribution is 5.94. The molecule has 0 bridgehead atoms. The van der Waals surface area contributed by atoms with Crippen LogP contribution in [0.3, 0.4) is 0 Å². The molecular formula is C17H26N4O3. The van der Waals surface area contributed by atoms with Gasteiger partial charge in [0.1, 0.15) is 11.4 Å². The third-order valence-electron chi connectivity index (χ3n) is 3.74. The van der Waals surface area contributed by atoms with Gasteiger partial charge in [0, 0.05) is 44.5 Å². The Balaban J connectivity index is 1.77. The molecule has 2 N–H and O–H groups in total. The van der Waals surface area contributed by atoms with Crippen LogP contribution in [0.25, 0.3) is 0 Å². The highest BCUT2D eigenvalue weighted by Gasteiger charge is 2.23. The molecule has 0 aromatic carbocycles. The SMILES string of the molecule is CC(C)(C)OC(=O)CCN1CCN(C(=O)c2ccnc(N)c2)CC1. The van der Waals surface area contributed by atoms with Crippen LogP contribution in [0.5, 0.6) is 0 Å². The molecule has 2 rings (SSSR count). The topological polar surface area (TPSA) is 88.8 Å². The van der Waals surface area contributed by atoms with Gasteiger partial charge in [-0.3, -0.25) is 14.5 Å². The van der Waals surface area contributed by atoms with E-state index in [0.29, 0.717) is 37.4 Å². The Bertz CT molecular complexity index is 590. The number of hydrogen-bond acceptors (Lipinski definition) is 6. The molecule has 1 amide bonds. The molecule has 1 aliphatic heterocycles. The van der Waals surface area contributed by atoms with Crippen molar-refractivity contribution in [2.75, 3.05) is 38.5 Å². The molecule has 1 fully saturated rings. The van der Waals surface area contributed by atoms with Gasteiger partial charge in [-0.05, 0) is 32.9 Å². The summed E-state index contributed by atoms with van der Waals surface area (Å²) in [6.07, 6.45) is 1.91. The maximum absolute atomic E-state index is 12.4. The minimum Gasteiger partial charge on any atom is -0.460 e. The predicted octanol–water partition coefficient (Wildman–Crippen LogP) is 1.15. The number of carbonyl (C=O) groups is 2. The van der Waals surface area contributed by atoms with Gasteiger partial charge < -0.3 is 15.4 Å². The van der Waals surface area contributed by atoms with Gasteiger partial charge in [0.15, 0.2) is 0 Å². The third-order valence-corrected chi connectivity index (χ3v) is 3.74. The van der Waals surface area contributed by atoms with Crippen molar-refractivity contribution in [3.8, 4) is 0 Å². The van der Waals surface area contributed by atoms with Gasteiger partial charge in [0.2, 0.25) is 0 Å². The number of rotatable bonds is 4. The first kappa shape index (κ1) is 18.2. The molecule has 0 saturated carbocycles. The quantitative estimate of drug-likeness (QED) is 0.831. The van der Waals surface area contributed by atoms with Crippen molar-refractivity contribution >= 4 is 17.7 Å². The normalized spacial score (nSPS) is 16.0. The van der Waals surface area contributed by atoms with Crippen LogP contribution in [-0.2, 0) is 9.53 Å². The largest absolute Gasteiger partial charge is 0.460 e. The number of aromatic nitrogens is 1. The van der Waals surface area contributed by atoms with E-state index in [2.05, 4.69) is 9.88 Å². The Morgan fingerprint density at radius 2 is 1.92 bits per heavy atom. The van der Waals surface area contributed by atoms with Gasteiger partial charge in [0.05, 0.1) is 6.42 Å². The average molecular weight is 334 g/mol. The third kappa shape index (κ3) is 5.49. The fourth-order valence-corrected chi connectivity index (χ4v) is 2.58. The Kier molecular flexibility index (Phi) is 5.77. The number of carbonyl (C=O) groups excluding carboxylic acids is 2. The number of hydrogen-bond donors (Lipinski definition) is 1. The summed E-state index contributed by atoms with van der Waals surface area (Å²) in [5.41, 5.74) is 5.74. The Morgan fingerprint density at radius 1 is 1.25 bits per heavy atom. The number of nitrogens with zero attached hydrogens (tertiary/aromatic N) is 3. The van der Waals surface area contributed by atoms with Gasteiger partial charge in [-0.15, -0.1) is 0 Å². The van der Waals surface area contributed by atoms with E-state index >= 15 is 0 Å². The number of pyridine rings is 1. The van der Waals surface area contributed by atoms with E-state index in [1.54, 1.807) is 23.2 Å². The maximum Gasteiger partial charge on any atom is 0.307 e. The van der Waals surface area contributed by atoms with E-state index < -0.39 is 5.60 Å². The summed E-state index contributed by atoms with van der Waals surface area (Å²) in [7, 11) is 0. The molecule has 1 aromatic rings. The second-order valence-corrected chi connectivity index (χ2v) is 6.94. The van der Waals surface area contributed by atoms with Crippen molar-refractivity contribution in [1.29, 1.82) is 0 Å². The lowest BCUT2D eigenvalue weighted by Crippen LogP contribution is -2.49. The summed E-state index contributed by atoms with van der Waals surface area (Å²) in [4.78, 5) is 32.1. The minimum atomic E-state index is -0.450. The van der Waals surface area contributed by atoms with Crippen molar-refractivity contribution in [1.82, 2.24) is 14.8 Å². The Morgan fingerprint density at radius 3 is 2.50 bits per heavy atom. The molecule has 24 heavy (non-hydrogen) atoms. The zero-order chi connectivity index (χ0) is 17.7. The fourth-order valence-electron chi connectivity index (χ4n) is 2.58. The zero-order valence-electron chi connectivity index (χ0n) is 14.6. The molecule has 0 radical (unpaired) electrons. The lowest BCUT2D eigenvalue weighted by molar-refractivity contribution is -0.155. The second-order valence-electron chi connectivity index (χ2n) is 6.94. The van der Waals surface area contributed by atoms with E-state index in [-0.39, 0.29) is 11.9 Å². The van der Waals surface area contributed by atoms with E-state index in [4.69, 9.17) is 10.5 Å². The van der Waals surface area contributed by atoms with Crippen LogP contribution in [-0.4, -0.2) is 65.0 Å². The molecule has 1 aromatic heterocycles. The van der Waals surface area contributed by atoms with Crippen molar-refractivity contribution in [2.45, 2.75) is 32.8 Å². The molecule has 2 heterocycles. The first-order chi connectivity index (χ1) is 11.2. The average Bonchev–Trinajstić information content (AvgIpc) is 2.51. The number of nitrogen functional groups attached to an aromatic ring is 1. The predicted molar refractivity (Wildman–Crippen MR) is 91.5 cm³/mol. The Labute approximate surface area is 142 Å². The molecule has 0 aliphatic carbocycles. The van der Waals surface area contributed by atoms with Gasteiger partial charge in [-0.2, -0.15) is 0 Å². The van der Waals surface area contributed by atoms with Crippen LogP contribution in [0.1, 0.15) is 37.6 Å². The van der Waals surface area contributed by atoms with Crippen LogP contribution >= 0.6 is 0 Å². The molecule has 7 nitrogen and oxygen atoms in total. The van der Waals surface area contributed by atoms with Gasteiger partial charge in [0.25, 0.3) is 5.91 Å². The summed E-state index contributed by atoms with van der Waals surface area (Å²) in [6, 6.07) is 3.27. The highest BCUT2D eigenvalue weighted by atomic mass is 16.6. The molecule has 0 unspecified atom stereocenters. The van der Waals surface area contributed by atoms with E-state index in [1.807, 2.05) is 20.8 Å². The second kappa shape index (κ2) is 7.61. The molecular weight excluding hydrogens is 308 g/mol. The molecule has 7 heteroatoms. The van der Waals surface area contributed by atoms with Gasteiger partial charge in [-0.25, -0.2) is 4.98 Å². The van der Waals surface area contributed by atoms with E-state index in [0.717, 1.165) is 13.1 Å². The smallest absolute Gasteiger partial charge is 0.307 e. The number of piperazine rings is 1. The standard InChI is InChI=1S/C17H26N4O3/c1-17(2,3)24-15(22)5-7-20-8-10-21(11-9-20)16(23)13-4-6-19-14(18)12-13/h4,6,12H,5,7-11H2,1-3H3,(H2,18,19). The summed E-state index contributed by atoms with van der Waals surface area (Å²) >= 11 is 0. The highest BCUT2D eigenvalue weighted by Crippen LogP contribution is 2.12. The van der Waals surface area contributed by atoms with Crippen LogP contribution in [0.15, 0.2) is 18.3 Å². The maximum atomic E-state index is 12.4. The van der Waals surface area contributed by atoms with Crippen molar-refractivity contribution < 1.29 is 14.3 Å². The van der Waals surface area contributed by atoms with Gasteiger partial charge in [-0.1, -0.05) is 0 Å². The number of nitrogens with two attached hydrogens (primary N) is 1. The number of esters is 1. The van der Waals surface area contributed by atoms with Crippen LogP contribution in [0.2, 0.25) is 0 Å². The van der Waals surface area contributed by atoms with Crippen molar-refractivity contribution in [3.05, 3.63) is 23.9 Å². The monoisotopic (exact) mass is 334 g/mol. The summed E-state index contributed by atoms with van der Waals surface area (Å²) in [5.74, 6) is 0.126. The van der Waals surface area contributed by atoms with Crippen molar-refractivity contribution in [3.63, 3.8) is 0 Å². The number of ether oxygens (including phenoxy) is 1. The molecule has 0 spiro atoms. The van der Waals surface area contributed by atoms with Crippen molar-refractivity contribution in [2.24, 2.45) is 0 Å². The fraction of sp³-hybridized carbons (Fsp3) is 0.588. The summed E-state index contributed by atoms with van der Waals surface area (Å²) < 4.78 is 5.31. The first-order valence-electron chi connectivity index (χ1n) is 8.19. The lowest BCUT2D eigenvalue weighted by atomic mass is 10.2. The summed E-state index contributed by atoms with van der Waals surface area (Å²) in [5, 5.41) is 0. The summed E-state index contributed by atoms with van der Waals surface area (Å²) in [6.45, 7) is 9.00. The lowest BCUT2D eigenvalue weighted by Gasteiger charge is -2.34. The van der Waals surface area contributed by atoms with E-state index in [1.165, 1.54) is 0 Å². The molecule has 1 aliphatic rings. The minimum absolute atomic E-state index is 0.0316. The van der Waals surface area contributed by atoms with Crippen LogP contribution in [0.4, 0.5) is 5.82 Å². The van der Waals surface area contributed by atoms with Gasteiger partial charge >= 0.3 is 5.97 Å². The Hall–Kier alpha value is -2.15. The number of anilines is 1. The molecule has 132 valence electrons. The zero-order valence-corrected chi connectivity index (χ0v) is 14.6. The van der Waals surface area contributed by atoms with E-state index in [9.17, 15) is 9.59 Å². The first-order valence-corrected chi connectivity index (χ1v) is 8.19. The molecule has 0 atom stereocenters. The van der Waals surface area contributed by atoms with Crippen LogP contribution < -0.4 is 5.73 Å². The van der Waals surface area contributed by atoms with Crippen LogP contribution in [0, 0.1) is 0 Å². The number of amides is 1.